The van der Waals surface area contributed by atoms with E-state index in [0.29, 0.717) is 6.61 Å². The lowest BCUT2D eigenvalue weighted by molar-refractivity contribution is -0.154. The van der Waals surface area contributed by atoms with Crippen molar-refractivity contribution in [3.05, 3.63) is 42.0 Å². The van der Waals surface area contributed by atoms with Gasteiger partial charge < -0.3 is 9.64 Å². The summed E-state index contributed by atoms with van der Waals surface area (Å²) in [5.41, 5.74) is 1.70. The van der Waals surface area contributed by atoms with Gasteiger partial charge in [-0.3, -0.25) is 14.5 Å². The predicted octanol–water partition coefficient (Wildman–Crippen LogP) is 2.68. The van der Waals surface area contributed by atoms with Crippen molar-refractivity contribution in [2.45, 2.75) is 38.3 Å². The third-order valence-corrected chi connectivity index (χ3v) is 6.01. The number of esters is 1. The molecule has 2 atom stereocenters. The maximum atomic E-state index is 13.2. The van der Waals surface area contributed by atoms with Gasteiger partial charge in [0.25, 0.3) is 0 Å². The second-order valence-corrected chi connectivity index (χ2v) is 7.33. The number of carbonyl (C=O) groups excluding carboxylic acids is 2. The molecule has 0 N–H and O–H groups in total. The number of hydrogen-bond donors (Lipinski definition) is 0. The van der Waals surface area contributed by atoms with Gasteiger partial charge in [0, 0.05) is 31.4 Å². The van der Waals surface area contributed by atoms with Crippen molar-refractivity contribution in [2.24, 2.45) is 5.92 Å². The van der Waals surface area contributed by atoms with E-state index in [4.69, 9.17) is 4.74 Å². The fourth-order valence-electron chi connectivity index (χ4n) is 5.06. The topological polar surface area (TPSA) is 49.9 Å². The molecular formula is C21H26N2O3. The minimum atomic E-state index is -0.373. The third kappa shape index (κ3) is 2.65. The standard InChI is InChI=1S/C21H26N2O3/c1-2-26-20(25)14-17-19(24)15-18(16-8-4-3-5-9-16)23-13-7-12-22-11-6-10-21(17,22)23/h3-5,8-9,15,17H,2,6-7,10-14H2,1H3/t17-,21?/m1/s1. The van der Waals surface area contributed by atoms with Crippen LogP contribution in [-0.2, 0) is 14.3 Å². The van der Waals surface area contributed by atoms with E-state index < -0.39 is 0 Å². The molecule has 2 saturated heterocycles. The van der Waals surface area contributed by atoms with Crippen LogP contribution in [0.4, 0.5) is 0 Å². The summed E-state index contributed by atoms with van der Waals surface area (Å²) in [6.45, 7) is 5.06. The number of benzene rings is 1. The Kier molecular flexibility index (Phi) is 4.57. The zero-order valence-electron chi connectivity index (χ0n) is 15.3. The van der Waals surface area contributed by atoms with Crippen LogP contribution < -0.4 is 0 Å². The molecule has 0 radical (unpaired) electrons. The maximum Gasteiger partial charge on any atom is 0.306 e. The van der Waals surface area contributed by atoms with Gasteiger partial charge in [-0.05, 0) is 31.7 Å². The Bertz CT molecular complexity index is 730. The predicted molar refractivity (Wildman–Crippen MR) is 99.0 cm³/mol. The maximum absolute atomic E-state index is 13.2. The van der Waals surface area contributed by atoms with E-state index in [1.807, 2.05) is 18.2 Å². The summed E-state index contributed by atoms with van der Waals surface area (Å²) in [6, 6.07) is 10.1. The Morgan fingerprint density at radius 3 is 2.73 bits per heavy atom. The van der Waals surface area contributed by atoms with Crippen LogP contribution in [0.3, 0.4) is 0 Å². The first kappa shape index (κ1) is 17.3. The molecular weight excluding hydrogens is 328 g/mol. The van der Waals surface area contributed by atoms with E-state index in [1.54, 1.807) is 13.0 Å². The minimum absolute atomic E-state index is 0.0574. The van der Waals surface area contributed by atoms with Crippen molar-refractivity contribution in [3.8, 4) is 0 Å². The summed E-state index contributed by atoms with van der Waals surface area (Å²) >= 11 is 0. The highest BCUT2D eigenvalue weighted by Gasteiger charge is 2.57. The Balaban J connectivity index is 1.78. The summed E-state index contributed by atoms with van der Waals surface area (Å²) < 4.78 is 5.18. The Hall–Kier alpha value is -2.14. The molecule has 0 aliphatic carbocycles. The van der Waals surface area contributed by atoms with Gasteiger partial charge in [-0.1, -0.05) is 30.3 Å². The number of ketones is 1. The molecule has 3 aliphatic rings. The van der Waals surface area contributed by atoms with Crippen molar-refractivity contribution >= 4 is 17.4 Å². The zero-order valence-corrected chi connectivity index (χ0v) is 15.3. The monoisotopic (exact) mass is 354 g/mol. The number of hydrogen-bond acceptors (Lipinski definition) is 5. The summed E-state index contributed by atoms with van der Waals surface area (Å²) in [5, 5.41) is 0. The van der Waals surface area contributed by atoms with Crippen LogP contribution in [0.25, 0.3) is 5.70 Å². The summed E-state index contributed by atoms with van der Waals surface area (Å²) in [6.07, 6.45) is 4.98. The molecule has 0 saturated carbocycles. The van der Waals surface area contributed by atoms with Crippen LogP contribution >= 0.6 is 0 Å². The molecule has 0 amide bonds. The summed E-state index contributed by atoms with van der Waals surface area (Å²) in [4.78, 5) is 30.3. The van der Waals surface area contributed by atoms with Crippen LogP contribution in [0.1, 0.15) is 38.2 Å². The lowest BCUT2D eigenvalue weighted by Gasteiger charge is -2.57. The number of carbonyl (C=O) groups is 2. The fraction of sp³-hybridized carbons (Fsp3) is 0.524. The molecule has 2 fully saturated rings. The number of allylic oxidation sites excluding steroid dienone is 1. The van der Waals surface area contributed by atoms with E-state index >= 15 is 0 Å². The molecule has 5 heteroatoms. The second kappa shape index (κ2) is 6.88. The first-order valence-corrected chi connectivity index (χ1v) is 9.66. The van der Waals surface area contributed by atoms with Crippen molar-refractivity contribution in [3.63, 3.8) is 0 Å². The van der Waals surface area contributed by atoms with E-state index in [2.05, 4.69) is 21.9 Å². The van der Waals surface area contributed by atoms with Crippen LogP contribution in [0.15, 0.2) is 36.4 Å². The summed E-state index contributed by atoms with van der Waals surface area (Å²) in [5.74, 6) is -0.562. The van der Waals surface area contributed by atoms with E-state index in [9.17, 15) is 9.59 Å². The smallest absolute Gasteiger partial charge is 0.306 e. The van der Waals surface area contributed by atoms with Crippen LogP contribution in [0, 0.1) is 5.92 Å². The Morgan fingerprint density at radius 1 is 1.19 bits per heavy atom. The zero-order chi connectivity index (χ0) is 18.1. The van der Waals surface area contributed by atoms with Gasteiger partial charge in [-0.2, -0.15) is 0 Å². The van der Waals surface area contributed by atoms with Crippen molar-refractivity contribution in [2.75, 3.05) is 26.2 Å². The van der Waals surface area contributed by atoms with Crippen LogP contribution in [0.2, 0.25) is 0 Å². The van der Waals surface area contributed by atoms with Crippen molar-refractivity contribution in [1.29, 1.82) is 0 Å². The normalized spacial score (nSPS) is 28.3. The lowest BCUT2D eigenvalue weighted by Crippen LogP contribution is -2.67. The van der Waals surface area contributed by atoms with Gasteiger partial charge in [0.05, 0.1) is 18.9 Å². The van der Waals surface area contributed by atoms with Gasteiger partial charge in [0.2, 0.25) is 0 Å². The average molecular weight is 354 g/mol. The number of ether oxygens (including phenoxy) is 1. The second-order valence-electron chi connectivity index (χ2n) is 7.33. The van der Waals surface area contributed by atoms with Gasteiger partial charge in [0.15, 0.2) is 5.78 Å². The first-order chi connectivity index (χ1) is 12.7. The molecule has 0 aromatic heterocycles. The average Bonchev–Trinajstić information content (AvgIpc) is 3.09. The SMILES string of the molecule is CCOC(=O)C[C@@H]1C(=O)C=C(c2ccccc2)N2CCCN3CCCC132. The van der Waals surface area contributed by atoms with Crippen molar-refractivity contribution in [1.82, 2.24) is 9.80 Å². The molecule has 3 heterocycles. The fourth-order valence-corrected chi connectivity index (χ4v) is 5.06. The van der Waals surface area contributed by atoms with E-state index in [-0.39, 0.29) is 29.8 Å². The van der Waals surface area contributed by atoms with Gasteiger partial charge in [0.1, 0.15) is 5.66 Å². The molecule has 1 aromatic carbocycles. The lowest BCUT2D eigenvalue weighted by atomic mass is 9.77. The van der Waals surface area contributed by atoms with E-state index in [1.165, 1.54) is 0 Å². The molecule has 0 bridgehead atoms. The largest absolute Gasteiger partial charge is 0.466 e. The Morgan fingerprint density at radius 2 is 1.96 bits per heavy atom. The molecule has 26 heavy (non-hydrogen) atoms. The molecule has 4 rings (SSSR count). The number of nitrogens with zero attached hydrogens (tertiary/aromatic N) is 2. The van der Waals surface area contributed by atoms with Crippen LogP contribution in [-0.4, -0.2) is 53.5 Å². The quantitative estimate of drug-likeness (QED) is 0.778. The highest BCUT2D eigenvalue weighted by molar-refractivity contribution is 6.02. The Labute approximate surface area is 154 Å². The molecule has 1 aromatic rings. The molecule has 3 aliphatic heterocycles. The van der Waals surface area contributed by atoms with Gasteiger partial charge in [-0.25, -0.2) is 0 Å². The highest BCUT2D eigenvalue weighted by atomic mass is 16.5. The van der Waals surface area contributed by atoms with Crippen LogP contribution in [0.5, 0.6) is 0 Å². The van der Waals surface area contributed by atoms with Gasteiger partial charge in [-0.15, -0.1) is 0 Å². The molecule has 1 spiro atoms. The molecule has 1 unspecified atom stereocenters. The highest BCUT2D eigenvalue weighted by Crippen LogP contribution is 2.49. The first-order valence-electron chi connectivity index (χ1n) is 9.66. The third-order valence-electron chi connectivity index (χ3n) is 6.01. The van der Waals surface area contributed by atoms with E-state index in [0.717, 1.165) is 50.2 Å². The molecule has 138 valence electrons. The summed E-state index contributed by atoms with van der Waals surface area (Å²) in [7, 11) is 0. The number of rotatable bonds is 4. The molecule has 5 nitrogen and oxygen atoms in total. The van der Waals surface area contributed by atoms with Crippen molar-refractivity contribution < 1.29 is 14.3 Å². The van der Waals surface area contributed by atoms with Gasteiger partial charge >= 0.3 is 5.97 Å². The minimum Gasteiger partial charge on any atom is -0.466 e.